The van der Waals surface area contributed by atoms with Gasteiger partial charge in [0, 0.05) is 11.8 Å². The molecule has 0 N–H and O–H groups in total. The first-order valence-electron chi connectivity index (χ1n) is 13.7. The minimum Gasteiger partial charge on any atom is -0.440 e. The largest absolute Gasteiger partial charge is 0.508 e. The first-order valence-corrected chi connectivity index (χ1v) is 13.7. The summed E-state index contributed by atoms with van der Waals surface area (Å²) in [5, 5.41) is 0. The predicted molar refractivity (Wildman–Crippen MR) is 148 cm³/mol. The van der Waals surface area contributed by atoms with Gasteiger partial charge in [-0.05, 0) is 46.7 Å². The Kier molecular flexibility index (Phi) is 8.35. The number of ether oxygens (including phenoxy) is 4. The van der Waals surface area contributed by atoms with Crippen LogP contribution in [-0.4, -0.2) is 43.3 Å². The molecule has 1 saturated heterocycles. The van der Waals surface area contributed by atoms with Gasteiger partial charge in [0.15, 0.2) is 6.10 Å². The molecule has 1 aliphatic carbocycles. The van der Waals surface area contributed by atoms with Gasteiger partial charge in [-0.1, -0.05) is 87.5 Å². The Bertz CT molecular complexity index is 1350. The third-order valence-electron chi connectivity index (χ3n) is 7.93. The zero-order valence-corrected chi connectivity index (χ0v) is 23.0. The van der Waals surface area contributed by atoms with Crippen molar-refractivity contribution in [3.8, 4) is 11.1 Å². The van der Waals surface area contributed by atoms with Gasteiger partial charge in [0.05, 0.1) is 11.8 Å². The zero-order chi connectivity index (χ0) is 29.1. The first kappa shape index (κ1) is 28.7. The van der Waals surface area contributed by atoms with E-state index >= 15 is 0 Å². The molecule has 0 amide bonds. The summed E-state index contributed by atoms with van der Waals surface area (Å²) < 4.78 is 64.5. The molecule has 0 aromatic heterocycles. The molecular weight excluding hydrogens is 535 g/mol. The Morgan fingerprint density at radius 3 is 2.02 bits per heavy atom. The molecule has 1 aliphatic heterocycles. The zero-order valence-electron chi connectivity index (χ0n) is 23.0. The number of fused-ring (bicyclic) bond motifs is 3. The average Bonchev–Trinajstić information content (AvgIpc) is 3.29. The van der Waals surface area contributed by atoms with E-state index in [2.05, 4.69) is 4.99 Å². The highest BCUT2D eigenvalue weighted by Gasteiger charge is 2.49. The number of nitrogens with zero attached hydrogens (tertiary/aromatic N) is 1. The number of para-hydroxylation sites is 1. The molecule has 3 unspecified atom stereocenters. The molecule has 5 atom stereocenters. The number of benzene rings is 3. The van der Waals surface area contributed by atoms with Gasteiger partial charge in [0.1, 0.15) is 6.61 Å². The van der Waals surface area contributed by atoms with Crippen LogP contribution < -0.4 is 0 Å². The highest BCUT2D eigenvalue weighted by molar-refractivity contribution is 5.84. The molecule has 1 heterocycles. The van der Waals surface area contributed by atoms with Gasteiger partial charge in [-0.25, -0.2) is 9.79 Å². The van der Waals surface area contributed by atoms with Crippen molar-refractivity contribution in [1.29, 1.82) is 0 Å². The second-order valence-corrected chi connectivity index (χ2v) is 10.4. The lowest BCUT2D eigenvalue weighted by molar-refractivity contribution is -0.253. The van der Waals surface area contributed by atoms with Crippen molar-refractivity contribution in [2.24, 2.45) is 16.8 Å². The van der Waals surface area contributed by atoms with Crippen molar-refractivity contribution in [3.63, 3.8) is 0 Å². The molecule has 2 aliphatic rings. The molecule has 0 radical (unpaired) electrons. The molecular formula is C32H32F3NO5. The fraction of sp³-hybridized carbons (Fsp3) is 0.375. The van der Waals surface area contributed by atoms with Gasteiger partial charge in [0.25, 0.3) is 5.90 Å². The minimum atomic E-state index is -4.90. The molecule has 216 valence electrons. The Labute approximate surface area is 237 Å². The van der Waals surface area contributed by atoms with Crippen LogP contribution in [0.5, 0.6) is 0 Å². The number of aliphatic imine (C=N–C) groups is 1. The summed E-state index contributed by atoms with van der Waals surface area (Å²) in [6.07, 6.45) is -8.45. The van der Waals surface area contributed by atoms with Crippen LogP contribution in [0.25, 0.3) is 11.1 Å². The summed E-state index contributed by atoms with van der Waals surface area (Å²) >= 11 is 0. The van der Waals surface area contributed by atoms with E-state index in [0.717, 1.165) is 22.3 Å². The predicted octanol–water partition coefficient (Wildman–Crippen LogP) is 8.04. The molecule has 1 fully saturated rings. The maximum absolute atomic E-state index is 14.0. The van der Waals surface area contributed by atoms with Crippen LogP contribution in [-0.2, 0) is 18.9 Å². The van der Waals surface area contributed by atoms with Crippen molar-refractivity contribution in [2.75, 3.05) is 6.61 Å². The van der Waals surface area contributed by atoms with Gasteiger partial charge in [-0.15, -0.1) is 0 Å². The van der Waals surface area contributed by atoms with Crippen molar-refractivity contribution < 1.29 is 36.9 Å². The summed E-state index contributed by atoms with van der Waals surface area (Å²) in [4.78, 5) is 16.7. The van der Waals surface area contributed by atoms with Crippen LogP contribution in [0.2, 0.25) is 0 Å². The van der Waals surface area contributed by atoms with Crippen molar-refractivity contribution >= 4 is 17.7 Å². The summed E-state index contributed by atoms with van der Waals surface area (Å²) in [7, 11) is 0. The van der Waals surface area contributed by atoms with Crippen LogP contribution >= 0.6 is 0 Å². The van der Waals surface area contributed by atoms with E-state index in [-0.39, 0.29) is 30.0 Å². The Balaban J connectivity index is 1.34. The molecule has 5 rings (SSSR count). The van der Waals surface area contributed by atoms with Gasteiger partial charge in [-0.2, -0.15) is 13.2 Å². The Hall–Kier alpha value is -3.85. The number of rotatable bonds is 6. The van der Waals surface area contributed by atoms with Crippen LogP contribution in [0.15, 0.2) is 83.9 Å². The lowest BCUT2D eigenvalue weighted by atomic mass is 9.82. The van der Waals surface area contributed by atoms with Gasteiger partial charge in [0.2, 0.25) is 6.29 Å². The third kappa shape index (κ3) is 6.10. The summed E-state index contributed by atoms with van der Waals surface area (Å²) in [5.41, 5.74) is 4.28. The van der Waals surface area contributed by atoms with E-state index < -0.39 is 36.7 Å². The van der Waals surface area contributed by atoms with Crippen molar-refractivity contribution in [1.82, 2.24) is 0 Å². The number of halogens is 3. The molecule has 6 nitrogen and oxygen atoms in total. The number of hydrogen-bond acceptors (Lipinski definition) is 6. The Morgan fingerprint density at radius 2 is 1.44 bits per heavy atom. The van der Waals surface area contributed by atoms with E-state index in [4.69, 9.17) is 18.9 Å². The van der Waals surface area contributed by atoms with E-state index in [1.54, 1.807) is 25.1 Å². The van der Waals surface area contributed by atoms with E-state index in [1.165, 1.54) is 12.1 Å². The van der Waals surface area contributed by atoms with Gasteiger partial charge >= 0.3 is 12.3 Å². The minimum absolute atomic E-state index is 0.0107. The number of alkyl halides is 3. The van der Waals surface area contributed by atoms with E-state index in [9.17, 15) is 18.0 Å². The molecule has 0 saturated carbocycles. The number of carbonyl (C=O) groups excluding carboxylic acids is 1. The fourth-order valence-electron chi connectivity index (χ4n) is 5.61. The van der Waals surface area contributed by atoms with Crippen LogP contribution in [0, 0.1) is 11.8 Å². The highest BCUT2D eigenvalue weighted by atomic mass is 19.4. The van der Waals surface area contributed by atoms with E-state index in [1.807, 2.05) is 62.4 Å². The van der Waals surface area contributed by atoms with E-state index in [0.29, 0.717) is 6.42 Å². The first-order chi connectivity index (χ1) is 19.7. The maximum Gasteiger partial charge on any atom is 0.508 e. The second kappa shape index (κ2) is 11.9. The van der Waals surface area contributed by atoms with Gasteiger partial charge in [-0.3, -0.25) is 0 Å². The lowest BCUT2D eigenvalue weighted by Gasteiger charge is -2.43. The average molecular weight is 568 g/mol. The molecule has 0 bridgehead atoms. The SMILES string of the molecule is CCC1OC(O/C(=N/c2ccccc2)C(F)(F)F)C(OC(=O)OCC2c3ccccc3-c3ccccc32)[C@@H](C)[C@@H]1C. The molecule has 9 heteroatoms. The second-order valence-electron chi connectivity index (χ2n) is 10.4. The molecule has 0 spiro atoms. The summed E-state index contributed by atoms with van der Waals surface area (Å²) in [6, 6.07) is 23.5. The fourth-order valence-corrected chi connectivity index (χ4v) is 5.61. The highest BCUT2D eigenvalue weighted by Crippen LogP contribution is 2.44. The van der Waals surface area contributed by atoms with Crippen LogP contribution in [0.3, 0.4) is 0 Å². The van der Waals surface area contributed by atoms with Crippen LogP contribution in [0.1, 0.15) is 44.2 Å². The maximum atomic E-state index is 14.0. The van der Waals surface area contributed by atoms with Crippen molar-refractivity contribution in [3.05, 3.63) is 90.0 Å². The third-order valence-corrected chi connectivity index (χ3v) is 7.93. The monoisotopic (exact) mass is 567 g/mol. The summed E-state index contributed by atoms with van der Waals surface area (Å²) in [6.45, 7) is 5.60. The quantitative estimate of drug-likeness (QED) is 0.171. The smallest absolute Gasteiger partial charge is 0.440 e. The summed E-state index contributed by atoms with van der Waals surface area (Å²) in [5.74, 6) is -2.18. The standard InChI is InChI=1S/C32H32F3NO5/c1-4-27-19(2)20(3)28(29(39-27)41-30(32(33,34)35)36-21-12-6-5-7-13-21)40-31(37)38-18-26-24-16-10-8-14-22(24)23-15-9-11-17-25(23)26/h5-17,19-20,26-29H,4,18H2,1-3H3/b36-30+/t19-,20-,27?,28?,29?/m0/s1. The molecule has 3 aromatic rings. The van der Waals surface area contributed by atoms with Crippen molar-refractivity contribution in [2.45, 2.75) is 57.8 Å². The Morgan fingerprint density at radius 1 is 0.854 bits per heavy atom. The normalized spacial score (nSPS) is 24.3. The molecule has 3 aromatic carbocycles. The lowest BCUT2D eigenvalue weighted by Crippen LogP contribution is -2.53. The number of hydrogen-bond donors (Lipinski definition) is 0. The number of carbonyl (C=O) groups is 1. The van der Waals surface area contributed by atoms with Crippen LogP contribution in [0.4, 0.5) is 23.7 Å². The topological polar surface area (TPSA) is 66.3 Å². The molecule has 41 heavy (non-hydrogen) atoms. The van der Waals surface area contributed by atoms with Gasteiger partial charge < -0.3 is 18.9 Å².